The lowest BCUT2D eigenvalue weighted by Crippen LogP contribution is -2.46. The number of nitriles is 1. The zero-order chi connectivity index (χ0) is 23.3. The molecule has 0 amide bonds. The molecule has 1 aliphatic rings. The number of hydrogen-bond acceptors (Lipinski definition) is 5. The quantitative estimate of drug-likeness (QED) is 0.419. The second kappa shape index (κ2) is 9.94. The average Bonchev–Trinajstić information content (AvgIpc) is 3.27. The summed E-state index contributed by atoms with van der Waals surface area (Å²) in [6.45, 7) is 5.00. The summed E-state index contributed by atoms with van der Waals surface area (Å²) in [5, 5.41) is 10.2. The van der Waals surface area contributed by atoms with E-state index in [1.807, 2.05) is 18.3 Å². The van der Waals surface area contributed by atoms with Crippen LogP contribution in [0.25, 0.3) is 10.9 Å². The highest BCUT2D eigenvalue weighted by Crippen LogP contribution is 2.26. The van der Waals surface area contributed by atoms with E-state index in [1.54, 1.807) is 30.5 Å². The molecular weight excluding hydrogens is 429 g/mol. The van der Waals surface area contributed by atoms with E-state index in [-0.39, 0.29) is 5.82 Å². The second-order valence-corrected chi connectivity index (χ2v) is 8.50. The van der Waals surface area contributed by atoms with Gasteiger partial charge in [0, 0.05) is 55.2 Å². The highest BCUT2D eigenvalue weighted by molar-refractivity contribution is 5.83. The van der Waals surface area contributed by atoms with Crippen LogP contribution in [0.4, 0.5) is 10.1 Å². The van der Waals surface area contributed by atoms with Gasteiger partial charge in [0.05, 0.1) is 0 Å². The number of benzene rings is 2. The first-order valence-electron chi connectivity index (χ1n) is 11.6. The first-order chi connectivity index (χ1) is 16.7. The minimum Gasteiger partial charge on any atom is -0.438 e. The number of pyridine rings is 1. The summed E-state index contributed by atoms with van der Waals surface area (Å²) in [5.74, 6) is 0.798. The Kier molecular flexibility index (Phi) is 6.41. The molecule has 0 bridgehead atoms. The molecule has 4 aromatic rings. The zero-order valence-corrected chi connectivity index (χ0v) is 18.9. The van der Waals surface area contributed by atoms with E-state index in [1.165, 1.54) is 11.6 Å². The molecule has 34 heavy (non-hydrogen) atoms. The summed E-state index contributed by atoms with van der Waals surface area (Å²) in [5.41, 5.74) is 3.75. The van der Waals surface area contributed by atoms with Crippen molar-refractivity contribution in [1.29, 1.82) is 5.26 Å². The molecule has 0 atom stereocenters. The minimum atomic E-state index is -0.187. The van der Waals surface area contributed by atoms with E-state index < -0.39 is 0 Å². The van der Waals surface area contributed by atoms with Gasteiger partial charge in [0.1, 0.15) is 23.2 Å². The summed E-state index contributed by atoms with van der Waals surface area (Å²) >= 11 is 0. The molecule has 0 aliphatic carbocycles. The number of piperazine rings is 1. The smallest absolute Gasteiger partial charge is 0.237 e. The van der Waals surface area contributed by atoms with Gasteiger partial charge in [-0.1, -0.05) is 0 Å². The summed E-state index contributed by atoms with van der Waals surface area (Å²) in [6.07, 6.45) is 5.61. The molecule has 2 aromatic carbocycles. The van der Waals surface area contributed by atoms with Crippen LogP contribution >= 0.6 is 0 Å². The lowest BCUT2D eigenvalue weighted by atomic mass is 10.1. The van der Waals surface area contributed by atoms with Crippen LogP contribution in [0.3, 0.4) is 0 Å². The van der Waals surface area contributed by atoms with Crippen molar-refractivity contribution in [3.63, 3.8) is 0 Å². The fourth-order valence-electron chi connectivity index (χ4n) is 4.47. The van der Waals surface area contributed by atoms with Crippen LogP contribution in [-0.4, -0.2) is 47.6 Å². The predicted molar refractivity (Wildman–Crippen MR) is 131 cm³/mol. The number of hydrogen-bond donors (Lipinski definition) is 1. The van der Waals surface area contributed by atoms with Gasteiger partial charge in [-0.2, -0.15) is 5.26 Å². The summed E-state index contributed by atoms with van der Waals surface area (Å²) in [7, 11) is 0. The zero-order valence-electron chi connectivity index (χ0n) is 18.9. The fourth-order valence-corrected chi connectivity index (χ4v) is 4.47. The van der Waals surface area contributed by atoms with Crippen LogP contribution < -0.4 is 9.64 Å². The third-order valence-electron chi connectivity index (χ3n) is 6.33. The number of nitrogens with zero attached hydrogens (tertiary/aromatic N) is 4. The third-order valence-corrected chi connectivity index (χ3v) is 6.33. The maximum atomic E-state index is 13.6. The maximum absolute atomic E-state index is 13.6. The number of rotatable bonds is 7. The first kappa shape index (κ1) is 21.9. The van der Waals surface area contributed by atoms with Crippen molar-refractivity contribution in [2.75, 3.05) is 37.6 Å². The maximum Gasteiger partial charge on any atom is 0.237 e. The van der Waals surface area contributed by atoms with Crippen molar-refractivity contribution < 1.29 is 9.13 Å². The van der Waals surface area contributed by atoms with E-state index in [2.05, 4.69) is 38.0 Å². The molecule has 1 N–H and O–H groups in total. The first-order valence-corrected chi connectivity index (χ1v) is 11.6. The molecule has 1 aliphatic heterocycles. The van der Waals surface area contributed by atoms with Gasteiger partial charge in [-0.15, -0.1) is 0 Å². The molecule has 7 heteroatoms. The van der Waals surface area contributed by atoms with Crippen LogP contribution in [0.5, 0.6) is 11.6 Å². The van der Waals surface area contributed by atoms with Gasteiger partial charge >= 0.3 is 0 Å². The lowest BCUT2D eigenvalue weighted by molar-refractivity contribution is 0.255. The largest absolute Gasteiger partial charge is 0.438 e. The van der Waals surface area contributed by atoms with Crippen molar-refractivity contribution in [1.82, 2.24) is 14.9 Å². The van der Waals surface area contributed by atoms with Crippen molar-refractivity contribution in [2.45, 2.75) is 12.8 Å². The number of aromatic nitrogens is 2. The fraction of sp³-hybridized carbons (Fsp3) is 0.259. The highest BCUT2D eigenvalue weighted by Gasteiger charge is 2.17. The molecule has 3 heterocycles. The van der Waals surface area contributed by atoms with Crippen LogP contribution in [0.2, 0.25) is 0 Å². The average molecular weight is 456 g/mol. The normalized spacial score (nSPS) is 14.3. The summed E-state index contributed by atoms with van der Waals surface area (Å²) < 4.78 is 19.4. The van der Waals surface area contributed by atoms with Crippen LogP contribution in [0.1, 0.15) is 17.5 Å². The lowest BCUT2D eigenvalue weighted by Gasteiger charge is -2.36. The molecule has 0 unspecified atom stereocenters. The van der Waals surface area contributed by atoms with E-state index in [4.69, 9.17) is 4.74 Å². The number of halogens is 1. The predicted octanol–water partition coefficient (Wildman–Crippen LogP) is 5.12. The molecule has 2 aromatic heterocycles. The van der Waals surface area contributed by atoms with Gasteiger partial charge in [0.2, 0.25) is 5.88 Å². The number of anilines is 1. The van der Waals surface area contributed by atoms with E-state index in [9.17, 15) is 9.65 Å². The summed E-state index contributed by atoms with van der Waals surface area (Å²) in [4.78, 5) is 12.3. The number of aryl methyl sites for hydroxylation is 1. The Balaban J connectivity index is 1.10. The minimum absolute atomic E-state index is 0.187. The van der Waals surface area contributed by atoms with Crippen molar-refractivity contribution >= 4 is 16.6 Å². The Bertz CT molecular complexity index is 1300. The van der Waals surface area contributed by atoms with Gasteiger partial charge in [-0.25, -0.2) is 9.37 Å². The Hall–Kier alpha value is -3.89. The number of fused-ring (bicyclic) bond motifs is 1. The third kappa shape index (κ3) is 4.87. The molecule has 0 radical (unpaired) electrons. The Morgan fingerprint density at radius 2 is 1.88 bits per heavy atom. The molecular formula is C27H26FN5O. The van der Waals surface area contributed by atoms with Crippen molar-refractivity contribution in [2.24, 2.45) is 0 Å². The van der Waals surface area contributed by atoms with Gasteiger partial charge in [-0.05, 0) is 79.5 Å². The standard InChI is InChI=1S/C27H26FN5O/c28-22-5-10-26-25(17-22)21(19-31-26)4-2-12-32-13-15-33(16-14-32)23-6-8-24(9-7-23)34-27-20(18-29)3-1-11-30-27/h1,3,5-11,17,19,31H,2,4,12-16H2. The summed E-state index contributed by atoms with van der Waals surface area (Å²) in [6, 6.07) is 18.4. The molecule has 5 rings (SSSR count). The molecule has 1 fully saturated rings. The van der Waals surface area contributed by atoms with E-state index in [0.29, 0.717) is 17.2 Å². The molecule has 1 saturated heterocycles. The molecule has 0 spiro atoms. The molecule has 6 nitrogen and oxygen atoms in total. The Morgan fingerprint density at radius 3 is 2.68 bits per heavy atom. The SMILES string of the molecule is N#Cc1cccnc1Oc1ccc(N2CCN(CCCc3c[nH]c4ccc(F)cc34)CC2)cc1. The Labute approximate surface area is 198 Å². The number of nitrogens with one attached hydrogen (secondary N) is 1. The number of aromatic amines is 1. The van der Waals surface area contributed by atoms with Crippen LogP contribution in [-0.2, 0) is 6.42 Å². The number of H-pyrrole nitrogens is 1. The molecule has 172 valence electrons. The molecule has 0 saturated carbocycles. The van der Waals surface area contributed by atoms with Gasteiger partial charge in [-0.3, -0.25) is 4.90 Å². The van der Waals surface area contributed by atoms with Gasteiger partial charge in [0.15, 0.2) is 0 Å². The van der Waals surface area contributed by atoms with Crippen molar-refractivity contribution in [3.05, 3.63) is 83.9 Å². The highest BCUT2D eigenvalue weighted by atomic mass is 19.1. The van der Waals surface area contributed by atoms with Crippen molar-refractivity contribution in [3.8, 4) is 17.7 Å². The topological polar surface area (TPSA) is 68.2 Å². The van der Waals surface area contributed by atoms with Gasteiger partial charge < -0.3 is 14.6 Å². The Morgan fingerprint density at radius 1 is 1.06 bits per heavy atom. The van der Waals surface area contributed by atoms with Crippen LogP contribution in [0.15, 0.2) is 67.0 Å². The van der Waals surface area contributed by atoms with E-state index in [0.717, 1.165) is 62.2 Å². The van der Waals surface area contributed by atoms with E-state index >= 15 is 0 Å². The number of ether oxygens (including phenoxy) is 1. The van der Waals surface area contributed by atoms with Crippen LogP contribution in [0, 0.1) is 17.1 Å². The van der Waals surface area contributed by atoms with Gasteiger partial charge in [0.25, 0.3) is 0 Å². The monoisotopic (exact) mass is 455 g/mol. The second-order valence-electron chi connectivity index (χ2n) is 8.50.